The minimum Gasteiger partial charge on any atom is -0.493 e. The zero-order valence-corrected chi connectivity index (χ0v) is 17.2. The van der Waals surface area contributed by atoms with Gasteiger partial charge in [0.1, 0.15) is 11.6 Å². The van der Waals surface area contributed by atoms with Crippen LogP contribution in [0.4, 0.5) is 11.5 Å². The first kappa shape index (κ1) is 20.7. The smallest absolute Gasteiger partial charge is 0.339 e. The lowest BCUT2D eigenvalue weighted by atomic mass is 10.0. The molecule has 0 aliphatic carbocycles. The molecule has 0 spiro atoms. The van der Waals surface area contributed by atoms with Crippen molar-refractivity contribution in [1.29, 1.82) is 0 Å². The van der Waals surface area contributed by atoms with Gasteiger partial charge in [0.15, 0.2) is 0 Å². The summed E-state index contributed by atoms with van der Waals surface area (Å²) in [5.74, 6) is 2.17. The zero-order valence-electron chi connectivity index (χ0n) is 17.2. The lowest BCUT2D eigenvalue weighted by molar-refractivity contribution is 0.0600. The average molecular weight is 370 g/mol. The second-order valence-electron chi connectivity index (χ2n) is 7.22. The first-order valence-corrected chi connectivity index (χ1v) is 9.46. The number of carbonyl (C=O) groups excluding carboxylic acids is 1. The van der Waals surface area contributed by atoms with Crippen LogP contribution in [0.25, 0.3) is 0 Å². The Morgan fingerprint density at radius 2 is 1.89 bits per heavy atom. The Bertz CT molecular complexity index is 755. The fourth-order valence-electron chi connectivity index (χ4n) is 2.80. The van der Waals surface area contributed by atoms with E-state index >= 15 is 0 Å². The summed E-state index contributed by atoms with van der Waals surface area (Å²) in [7, 11) is 1.37. The molecule has 0 unspecified atom stereocenters. The van der Waals surface area contributed by atoms with Gasteiger partial charge in [-0.1, -0.05) is 27.7 Å². The third kappa shape index (κ3) is 5.22. The van der Waals surface area contributed by atoms with Crippen LogP contribution in [-0.2, 0) is 4.74 Å². The van der Waals surface area contributed by atoms with Gasteiger partial charge in [0.05, 0.1) is 19.3 Å². The summed E-state index contributed by atoms with van der Waals surface area (Å²) in [6.45, 7) is 12.2. The normalized spacial score (nSPS) is 11.0. The summed E-state index contributed by atoms with van der Waals surface area (Å²) < 4.78 is 10.7. The molecule has 5 nitrogen and oxygen atoms in total. The van der Waals surface area contributed by atoms with Gasteiger partial charge in [-0.15, -0.1) is 0 Å². The molecule has 0 bridgehead atoms. The molecule has 27 heavy (non-hydrogen) atoms. The molecule has 1 aromatic carbocycles. The SMILES string of the molecule is CCN(c1ccc(OCC(C)C)c(C(C)C)c1)c1ccc(C(=O)OC)cn1. The van der Waals surface area contributed by atoms with Crippen LogP contribution in [-0.4, -0.2) is 31.2 Å². The predicted octanol–water partition coefficient (Wildman–Crippen LogP) is 5.18. The van der Waals surface area contributed by atoms with Crippen molar-refractivity contribution in [3.8, 4) is 5.75 Å². The maximum Gasteiger partial charge on any atom is 0.339 e. The highest BCUT2D eigenvalue weighted by Gasteiger charge is 2.15. The van der Waals surface area contributed by atoms with E-state index in [0.717, 1.165) is 23.8 Å². The number of hydrogen-bond donors (Lipinski definition) is 0. The molecule has 146 valence electrons. The van der Waals surface area contributed by atoms with Crippen LogP contribution in [0.3, 0.4) is 0 Å². The predicted molar refractivity (Wildman–Crippen MR) is 109 cm³/mol. The number of esters is 1. The maximum atomic E-state index is 11.6. The van der Waals surface area contributed by atoms with Gasteiger partial charge in [0.25, 0.3) is 0 Å². The van der Waals surface area contributed by atoms with Crippen molar-refractivity contribution in [2.75, 3.05) is 25.2 Å². The second kappa shape index (κ2) is 9.40. The Balaban J connectivity index is 2.33. The van der Waals surface area contributed by atoms with Crippen LogP contribution in [0, 0.1) is 5.92 Å². The van der Waals surface area contributed by atoms with Crippen LogP contribution >= 0.6 is 0 Å². The van der Waals surface area contributed by atoms with Crippen LogP contribution < -0.4 is 9.64 Å². The van der Waals surface area contributed by atoms with Gasteiger partial charge in [-0.05, 0) is 54.7 Å². The molecule has 0 aliphatic heterocycles. The molecule has 5 heteroatoms. The van der Waals surface area contributed by atoms with Gasteiger partial charge in [0, 0.05) is 18.4 Å². The van der Waals surface area contributed by atoms with Gasteiger partial charge >= 0.3 is 5.97 Å². The van der Waals surface area contributed by atoms with Crippen molar-refractivity contribution in [2.24, 2.45) is 5.92 Å². The lowest BCUT2D eigenvalue weighted by Gasteiger charge is -2.25. The maximum absolute atomic E-state index is 11.6. The molecule has 0 aliphatic rings. The van der Waals surface area contributed by atoms with E-state index in [1.165, 1.54) is 12.7 Å². The minimum absolute atomic E-state index is 0.348. The highest BCUT2D eigenvalue weighted by atomic mass is 16.5. The van der Waals surface area contributed by atoms with E-state index in [-0.39, 0.29) is 5.97 Å². The fourth-order valence-corrected chi connectivity index (χ4v) is 2.80. The summed E-state index contributed by atoms with van der Waals surface area (Å²) in [6, 6.07) is 9.84. The number of anilines is 2. The van der Waals surface area contributed by atoms with Crippen LogP contribution in [0.1, 0.15) is 56.5 Å². The van der Waals surface area contributed by atoms with E-state index < -0.39 is 0 Å². The molecule has 0 saturated carbocycles. The lowest BCUT2D eigenvalue weighted by Crippen LogP contribution is -2.18. The van der Waals surface area contributed by atoms with Crippen molar-refractivity contribution < 1.29 is 14.3 Å². The summed E-state index contributed by atoms with van der Waals surface area (Å²) in [5, 5.41) is 0. The van der Waals surface area contributed by atoms with E-state index in [1.807, 2.05) is 12.1 Å². The summed E-state index contributed by atoms with van der Waals surface area (Å²) >= 11 is 0. The molecule has 1 aromatic heterocycles. The first-order valence-electron chi connectivity index (χ1n) is 9.46. The molecule has 0 atom stereocenters. The van der Waals surface area contributed by atoms with Crippen molar-refractivity contribution in [1.82, 2.24) is 4.98 Å². The summed E-state index contributed by atoms with van der Waals surface area (Å²) in [6.07, 6.45) is 1.55. The van der Waals surface area contributed by atoms with E-state index in [1.54, 1.807) is 12.3 Å². The van der Waals surface area contributed by atoms with Gasteiger partial charge in [-0.25, -0.2) is 9.78 Å². The molecule has 1 heterocycles. The van der Waals surface area contributed by atoms with Gasteiger partial charge < -0.3 is 14.4 Å². The molecular formula is C22H30N2O3. The van der Waals surface area contributed by atoms with Gasteiger partial charge in [-0.3, -0.25) is 0 Å². The number of nitrogens with zero attached hydrogens (tertiary/aromatic N) is 2. The highest BCUT2D eigenvalue weighted by Crippen LogP contribution is 2.33. The number of benzene rings is 1. The van der Waals surface area contributed by atoms with Crippen molar-refractivity contribution in [3.63, 3.8) is 0 Å². The average Bonchev–Trinajstić information content (AvgIpc) is 2.67. The molecule has 0 N–H and O–H groups in total. The molecule has 2 aromatic rings. The summed E-state index contributed by atoms with van der Waals surface area (Å²) in [5.41, 5.74) is 2.67. The third-order valence-electron chi connectivity index (χ3n) is 4.26. The number of hydrogen-bond acceptors (Lipinski definition) is 5. The van der Waals surface area contributed by atoms with Crippen LogP contribution in [0.15, 0.2) is 36.5 Å². The molecule has 0 radical (unpaired) electrons. The largest absolute Gasteiger partial charge is 0.493 e. The Morgan fingerprint density at radius 3 is 2.41 bits per heavy atom. The molecule has 0 fully saturated rings. The quantitative estimate of drug-likeness (QED) is 0.599. The van der Waals surface area contributed by atoms with E-state index in [2.05, 4.69) is 56.6 Å². The minimum atomic E-state index is -0.383. The van der Waals surface area contributed by atoms with E-state index in [9.17, 15) is 4.79 Å². The molecule has 0 saturated heterocycles. The third-order valence-corrected chi connectivity index (χ3v) is 4.26. The Labute approximate surface area is 162 Å². The monoisotopic (exact) mass is 370 g/mol. The van der Waals surface area contributed by atoms with E-state index in [0.29, 0.717) is 24.0 Å². The first-order chi connectivity index (χ1) is 12.9. The fraction of sp³-hybridized carbons (Fsp3) is 0.455. The number of carbonyl (C=O) groups is 1. The second-order valence-corrected chi connectivity index (χ2v) is 7.22. The number of ether oxygens (including phenoxy) is 2. The standard InChI is InChI=1S/C22H30N2O3/c1-7-24(21-11-8-17(13-23-21)22(25)26-6)18-9-10-20(27-14-15(2)3)19(12-18)16(4)5/h8-13,15-16H,7,14H2,1-6H3. The Hall–Kier alpha value is -2.56. The zero-order chi connectivity index (χ0) is 20.0. The number of rotatable bonds is 8. The van der Waals surface area contributed by atoms with Crippen molar-refractivity contribution in [2.45, 2.75) is 40.5 Å². The molecular weight excluding hydrogens is 340 g/mol. The van der Waals surface area contributed by atoms with Gasteiger partial charge in [-0.2, -0.15) is 0 Å². The van der Waals surface area contributed by atoms with Crippen molar-refractivity contribution in [3.05, 3.63) is 47.7 Å². The number of pyridine rings is 1. The number of aromatic nitrogens is 1. The molecule has 2 rings (SSSR count). The van der Waals surface area contributed by atoms with Crippen LogP contribution in [0.5, 0.6) is 5.75 Å². The van der Waals surface area contributed by atoms with E-state index in [4.69, 9.17) is 9.47 Å². The highest BCUT2D eigenvalue weighted by molar-refractivity contribution is 5.89. The van der Waals surface area contributed by atoms with Crippen molar-refractivity contribution >= 4 is 17.5 Å². The number of methoxy groups -OCH3 is 1. The summed E-state index contributed by atoms with van der Waals surface area (Å²) in [4.78, 5) is 18.2. The van der Waals surface area contributed by atoms with Gasteiger partial charge in [0.2, 0.25) is 0 Å². The Morgan fingerprint density at radius 1 is 1.15 bits per heavy atom. The molecule has 0 amide bonds. The topological polar surface area (TPSA) is 51.7 Å². The van der Waals surface area contributed by atoms with Crippen LogP contribution in [0.2, 0.25) is 0 Å². The Kier molecular flexibility index (Phi) is 7.22.